The molecule has 1 unspecified atom stereocenters. The van der Waals surface area contributed by atoms with Crippen molar-refractivity contribution < 1.29 is 0 Å². The molecule has 2 heteroatoms. The van der Waals surface area contributed by atoms with E-state index in [4.69, 9.17) is 5.73 Å². The van der Waals surface area contributed by atoms with Crippen LogP contribution in [0.1, 0.15) is 57.1 Å². The molecule has 0 spiro atoms. The summed E-state index contributed by atoms with van der Waals surface area (Å²) >= 11 is 0. The largest absolute Gasteiger partial charge is 0.324 e. The fourth-order valence-corrected chi connectivity index (χ4v) is 2.91. The summed E-state index contributed by atoms with van der Waals surface area (Å²) in [5.74, 6) is 0. The molecule has 1 aliphatic rings. The van der Waals surface area contributed by atoms with Gasteiger partial charge in [0.15, 0.2) is 0 Å². The SMILES string of the molecule is CC1(NCCC(N)c2ccccc2)CCCCC1. The number of nitrogens with one attached hydrogen (secondary N) is 1. The number of nitrogens with two attached hydrogens (primary N) is 1. The smallest absolute Gasteiger partial charge is 0.0306 e. The highest BCUT2D eigenvalue weighted by Crippen LogP contribution is 2.27. The first-order valence-electron chi connectivity index (χ1n) is 7.25. The summed E-state index contributed by atoms with van der Waals surface area (Å²) in [6, 6.07) is 10.6. The molecule has 1 aliphatic carbocycles. The fraction of sp³-hybridized carbons (Fsp3) is 0.625. The lowest BCUT2D eigenvalue weighted by molar-refractivity contribution is 0.252. The van der Waals surface area contributed by atoms with Gasteiger partial charge in [0, 0.05) is 11.6 Å². The highest BCUT2D eigenvalue weighted by molar-refractivity contribution is 5.18. The number of rotatable bonds is 5. The number of benzene rings is 1. The second kappa shape index (κ2) is 6.35. The lowest BCUT2D eigenvalue weighted by Gasteiger charge is -2.35. The summed E-state index contributed by atoms with van der Waals surface area (Å²) in [7, 11) is 0. The maximum atomic E-state index is 6.21. The molecule has 0 aromatic heterocycles. The summed E-state index contributed by atoms with van der Waals surface area (Å²) in [5.41, 5.74) is 7.81. The molecule has 1 atom stereocenters. The summed E-state index contributed by atoms with van der Waals surface area (Å²) in [6.45, 7) is 3.38. The van der Waals surface area contributed by atoms with E-state index in [0.717, 1.165) is 13.0 Å². The molecule has 1 aromatic rings. The Kier molecular flexibility index (Phi) is 4.79. The molecular weight excluding hydrogens is 220 g/mol. The Morgan fingerprint density at radius 2 is 1.83 bits per heavy atom. The first kappa shape index (κ1) is 13.6. The summed E-state index contributed by atoms with van der Waals surface area (Å²) in [4.78, 5) is 0. The van der Waals surface area contributed by atoms with E-state index in [1.165, 1.54) is 37.7 Å². The quantitative estimate of drug-likeness (QED) is 0.835. The fourth-order valence-electron chi connectivity index (χ4n) is 2.91. The van der Waals surface area contributed by atoms with Crippen LogP contribution in [0.15, 0.2) is 30.3 Å². The normalized spacial score (nSPS) is 20.6. The van der Waals surface area contributed by atoms with Crippen molar-refractivity contribution in [2.45, 2.75) is 57.0 Å². The van der Waals surface area contributed by atoms with Crippen molar-refractivity contribution in [1.29, 1.82) is 0 Å². The summed E-state index contributed by atoms with van der Waals surface area (Å²) in [6.07, 6.45) is 7.78. The molecule has 1 fully saturated rings. The average molecular weight is 246 g/mol. The average Bonchev–Trinajstić information content (AvgIpc) is 2.40. The van der Waals surface area contributed by atoms with Gasteiger partial charge in [-0.25, -0.2) is 0 Å². The molecule has 0 aliphatic heterocycles. The van der Waals surface area contributed by atoms with Gasteiger partial charge in [0.25, 0.3) is 0 Å². The minimum Gasteiger partial charge on any atom is -0.324 e. The van der Waals surface area contributed by atoms with Crippen LogP contribution < -0.4 is 11.1 Å². The number of hydrogen-bond acceptors (Lipinski definition) is 2. The highest BCUT2D eigenvalue weighted by Gasteiger charge is 2.25. The van der Waals surface area contributed by atoms with Crippen LogP contribution in [0.3, 0.4) is 0 Å². The molecule has 1 aromatic carbocycles. The first-order valence-corrected chi connectivity index (χ1v) is 7.25. The van der Waals surface area contributed by atoms with Gasteiger partial charge in [-0.2, -0.15) is 0 Å². The monoisotopic (exact) mass is 246 g/mol. The van der Waals surface area contributed by atoms with Gasteiger partial charge in [0.1, 0.15) is 0 Å². The lowest BCUT2D eigenvalue weighted by atomic mass is 9.83. The maximum Gasteiger partial charge on any atom is 0.0306 e. The second-order valence-electron chi connectivity index (χ2n) is 5.85. The highest BCUT2D eigenvalue weighted by atomic mass is 15.0. The Labute approximate surface area is 111 Å². The van der Waals surface area contributed by atoms with Crippen LogP contribution in [0.2, 0.25) is 0 Å². The molecule has 1 saturated carbocycles. The van der Waals surface area contributed by atoms with Crippen LogP contribution in [0.5, 0.6) is 0 Å². The molecular formula is C16H26N2. The van der Waals surface area contributed by atoms with Gasteiger partial charge >= 0.3 is 0 Å². The Morgan fingerprint density at radius 3 is 2.50 bits per heavy atom. The third-order valence-electron chi connectivity index (χ3n) is 4.19. The summed E-state index contributed by atoms with van der Waals surface area (Å²) in [5, 5.41) is 3.72. The third kappa shape index (κ3) is 3.82. The predicted octanol–water partition coefficient (Wildman–Crippen LogP) is 3.39. The zero-order valence-electron chi connectivity index (χ0n) is 11.5. The van der Waals surface area contributed by atoms with Crippen molar-refractivity contribution in [2.24, 2.45) is 5.73 Å². The van der Waals surface area contributed by atoms with Crippen LogP contribution in [0.4, 0.5) is 0 Å². The lowest BCUT2D eigenvalue weighted by Crippen LogP contribution is -2.44. The molecule has 3 N–H and O–H groups in total. The van der Waals surface area contributed by atoms with E-state index >= 15 is 0 Å². The van der Waals surface area contributed by atoms with Crippen molar-refractivity contribution in [1.82, 2.24) is 5.32 Å². The Hall–Kier alpha value is -0.860. The molecule has 0 amide bonds. The minimum atomic E-state index is 0.158. The minimum absolute atomic E-state index is 0.158. The number of hydrogen-bond donors (Lipinski definition) is 2. The van der Waals surface area contributed by atoms with E-state index < -0.39 is 0 Å². The standard InChI is InChI=1S/C16H26N2/c1-16(11-6-3-7-12-16)18-13-10-15(17)14-8-4-2-5-9-14/h2,4-5,8-9,15,18H,3,6-7,10-13,17H2,1H3. The van der Waals surface area contributed by atoms with Gasteiger partial charge in [0.2, 0.25) is 0 Å². The first-order chi connectivity index (χ1) is 8.70. The van der Waals surface area contributed by atoms with Crippen molar-refractivity contribution >= 4 is 0 Å². The Morgan fingerprint density at radius 1 is 1.17 bits per heavy atom. The molecule has 18 heavy (non-hydrogen) atoms. The molecule has 2 rings (SSSR count). The van der Waals surface area contributed by atoms with Crippen molar-refractivity contribution in [2.75, 3.05) is 6.54 Å². The topological polar surface area (TPSA) is 38.0 Å². The van der Waals surface area contributed by atoms with Gasteiger partial charge in [-0.3, -0.25) is 0 Å². The molecule has 0 saturated heterocycles. The second-order valence-corrected chi connectivity index (χ2v) is 5.85. The van der Waals surface area contributed by atoms with Crippen LogP contribution in [0, 0.1) is 0 Å². The molecule has 2 nitrogen and oxygen atoms in total. The summed E-state index contributed by atoms with van der Waals surface area (Å²) < 4.78 is 0. The maximum absolute atomic E-state index is 6.21. The molecule has 0 bridgehead atoms. The van der Waals surface area contributed by atoms with Crippen molar-refractivity contribution in [3.8, 4) is 0 Å². The Balaban J connectivity index is 1.75. The van der Waals surface area contributed by atoms with Gasteiger partial charge in [0.05, 0.1) is 0 Å². The molecule has 0 radical (unpaired) electrons. The molecule has 100 valence electrons. The van der Waals surface area contributed by atoms with E-state index in [1.807, 2.05) is 6.07 Å². The van der Waals surface area contributed by atoms with Crippen LogP contribution in [0.25, 0.3) is 0 Å². The Bertz CT molecular complexity index is 341. The van der Waals surface area contributed by atoms with Gasteiger partial charge in [-0.1, -0.05) is 49.6 Å². The van der Waals surface area contributed by atoms with E-state index in [9.17, 15) is 0 Å². The van der Waals surface area contributed by atoms with E-state index in [1.54, 1.807) is 0 Å². The van der Waals surface area contributed by atoms with Crippen molar-refractivity contribution in [3.05, 3.63) is 35.9 Å². The van der Waals surface area contributed by atoms with Crippen molar-refractivity contribution in [3.63, 3.8) is 0 Å². The zero-order valence-corrected chi connectivity index (χ0v) is 11.5. The third-order valence-corrected chi connectivity index (χ3v) is 4.19. The van der Waals surface area contributed by atoms with Gasteiger partial charge in [-0.15, -0.1) is 0 Å². The van der Waals surface area contributed by atoms with E-state index in [2.05, 4.69) is 36.5 Å². The molecule has 0 heterocycles. The van der Waals surface area contributed by atoms with Gasteiger partial charge < -0.3 is 11.1 Å². The predicted molar refractivity (Wildman–Crippen MR) is 77.5 cm³/mol. The van der Waals surface area contributed by atoms with Gasteiger partial charge in [-0.05, 0) is 38.3 Å². The zero-order chi connectivity index (χ0) is 12.8. The van der Waals surface area contributed by atoms with Crippen LogP contribution in [-0.4, -0.2) is 12.1 Å². The van der Waals surface area contributed by atoms with E-state index in [-0.39, 0.29) is 6.04 Å². The van der Waals surface area contributed by atoms with E-state index in [0.29, 0.717) is 5.54 Å². The van der Waals surface area contributed by atoms with Crippen LogP contribution >= 0.6 is 0 Å². The van der Waals surface area contributed by atoms with Crippen LogP contribution in [-0.2, 0) is 0 Å².